The molecule has 0 heterocycles. The Labute approximate surface area is 148 Å². The summed E-state index contributed by atoms with van der Waals surface area (Å²) in [6.45, 7) is 4.02. The Morgan fingerprint density at radius 2 is 2.00 bits per heavy atom. The number of rotatable bonds is 1. The maximum absolute atomic E-state index is 11.9. The van der Waals surface area contributed by atoms with Gasteiger partial charge in [0.1, 0.15) is 5.78 Å². The van der Waals surface area contributed by atoms with E-state index in [4.69, 9.17) is 0 Å². The quantitative estimate of drug-likeness (QED) is 0.632. The van der Waals surface area contributed by atoms with Gasteiger partial charge >= 0.3 is 5.97 Å². The van der Waals surface area contributed by atoms with Crippen LogP contribution in [0.3, 0.4) is 0 Å². The van der Waals surface area contributed by atoms with Crippen LogP contribution < -0.4 is 0 Å². The van der Waals surface area contributed by atoms with E-state index in [9.17, 15) is 24.9 Å². The first-order valence-corrected chi connectivity index (χ1v) is 9.48. The maximum Gasteiger partial charge on any atom is 0.336 e. The van der Waals surface area contributed by atoms with Crippen molar-refractivity contribution in [3.05, 3.63) is 11.6 Å². The molecular formula is C20H28O5. The molecular weight excluding hydrogens is 320 g/mol. The fourth-order valence-electron chi connectivity index (χ4n) is 6.97. The SMILES string of the molecule is C[C@]12CCC(=O)CC1=CCC1C2[C@@H](O)C[C@@]2(C)C1CC[C@]2(O)C(=O)O. The molecule has 0 aromatic heterocycles. The molecule has 3 fully saturated rings. The van der Waals surface area contributed by atoms with E-state index in [1.54, 1.807) is 0 Å². The van der Waals surface area contributed by atoms with Gasteiger partial charge in [-0.05, 0) is 55.3 Å². The van der Waals surface area contributed by atoms with Crippen molar-refractivity contribution in [2.75, 3.05) is 0 Å². The zero-order valence-corrected chi connectivity index (χ0v) is 15.0. The van der Waals surface area contributed by atoms with Gasteiger partial charge in [-0.25, -0.2) is 4.79 Å². The highest BCUT2D eigenvalue weighted by Crippen LogP contribution is 2.66. The molecule has 0 aliphatic heterocycles. The molecule has 0 spiro atoms. The number of carbonyl (C=O) groups excluding carboxylic acids is 1. The normalized spacial score (nSPS) is 52.0. The summed E-state index contributed by atoms with van der Waals surface area (Å²) in [7, 11) is 0. The molecule has 7 atom stereocenters. The van der Waals surface area contributed by atoms with Crippen LogP contribution in [0.2, 0.25) is 0 Å². The number of aliphatic hydroxyl groups excluding tert-OH is 1. The number of aliphatic carboxylic acids is 1. The Morgan fingerprint density at radius 3 is 2.68 bits per heavy atom. The number of fused-ring (bicyclic) bond motifs is 5. The van der Waals surface area contributed by atoms with Crippen molar-refractivity contribution in [1.29, 1.82) is 0 Å². The van der Waals surface area contributed by atoms with Gasteiger partial charge in [-0.3, -0.25) is 4.79 Å². The molecule has 3 unspecified atom stereocenters. The fraction of sp³-hybridized carbons (Fsp3) is 0.800. The van der Waals surface area contributed by atoms with Crippen LogP contribution in [0.4, 0.5) is 0 Å². The number of carboxylic acid groups (broad SMARTS) is 1. The van der Waals surface area contributed by atoms with Crippen LogP contribution in [0.5, 0.6) is 0 Å². The van der Waals surface area contributed by atoms with E-state index in [1.807, 2.05) is 6.92 Å². The van der Waals surface area contributed by atoms with Crippen LogP contribution in [-0.4, -0.2) is 38.8 Å². The predicted molar refractivity (Wildman–Crippen MR) is 90.7 cm³/mol. The number of hydrogen-bond acceptors (Lipinski definition) is 4. The molecule has 0 bridgehead atoms. The van der Waals surface area contributed by atoms with Gasteiger partial charge in [0.2, 0.25) is 0 Å². The lowest BCUT2D eigenvalue weighted by Gasteiger charge is -2.59. The molecule has 0 aromatic carbocycles. The van der Waals surface area contributed by atoms with E-state index >= 15 is 0 Å². The lowest BCUT2D eigenvalue weighted by atomic mass is 9.46. The van der Waals surface area contributed by atoms with E-state index in [2.05, 4.69) is 13.0 Å². The molecule has 4 aliphatic carbocycles. The topological polar surface area (TPSA) is 94.8 Å². The van der Waals surface area contributed by atoms with Crippen LogP contribution >= 0.6 is 0 Å². The lowest BCUT2D eigenvalue weighted by molar-refractivity contribution is -0.192. The largest absolute Gasteiger partial charge is 0.479 e. The number of ketones is 1. The molecule has 4 aliphatic rings. The molecule has 0 saturated heterocycles. The second kappa shape index (κ2) is 5.17. The summed E-state index contributed by atoms with van der Waals surface area (Å²) in [4.78, 5) is 23.7. The molecule has 25 heavy (non-hydrogen) atoms. The predicted octanol–water partition coefficient (Wildman–Crippen LogP) is 2.30. The first kappa shape index (κ1) is 17.2. The van der Waals surface area contributed by atoms with Crippen LogP contribution in [0.1, 0.15) is 58.8 Å². The van der Waals surface area contributed by atoms with Crippen molar-refractivity contribution in [3.8, 4) is 0 Å². The third-order valence-corrected chi connectivity index (χ3v) is 8.38. The highest BCUT2D eigenvalue weighted by Gasteiger charge is 2.68. The molecule has 0 radical (unpaired) electrons. The van der Waals surface area contributed by atoms with Crippen molar-refractivity contribution in [3.63, 3.8) is 0 Å². The van der Waals surface area contributed by atoms with Gasteiger partial charge in [-0.2, -0.15) is 0 Å². The van der Waals surface area contributed by atoms with Crippen LogP contribution in [0.25, 0.3) is 0 Å². The summed E-state index contributed by atoms with van der Waals surface area (Å²) < 4.78 is 0. The van der Waals surface area contributed by atoms with Gasteiger partial charge in [0.05, 0.1) is 6.10 Å². The summed E-state index contributed by atoms with van der Waals surface area (Å²) in [5.74, 6) is -0.573. The summed E-state index contributed by atoms with van der Waals surface area (Å²) >= 11 is 0. The highest BCUT2D eigenvalue weighted by atomic mass is 16.4. The molecule has 138 valence electrons. The summed E-state index contributed by atoms with van der Waals surface area (Å²) in [6.07, 6.45) is 5.39. The highest BCUT2D eigenvalue weighted by molar-refractivity contribution is 5.83. The second-order valence-corrected chi connectivity index (χ2v) is 9.29. The summed E-state index contributed by atoms with van der Waals surface area (Å²) in [5, 5.41) is 31.6. The standard InChI is InChI=1S/C20H28O5/c1-18-7-5-12(21)9-11(18)3-4-13-14-6-8-20(25,17(23)24)19(14,2)10-15(22)16(13)18/h3,13-16,22,25H,4-10H2,1-2H3,(H,23,24)/t13?,14?,15-,16?,18-,19-,20-/m0/s1. The Bertz CT molecular complexity index is 669. The number of aliphatic hydroxyl groups is 2. The number of allylic oxidation sites excluding steroid dienone is 2. The first-order valence-electron chi connectivity index (χ1n) is 9.48. The molecule has 0 aromatic rings. The smallest absolute Gasteiger partial charge is 0.336 e. The summed E-state index contributed by atoms with van der Waals surface area (Å²) in [5.41, 5.74) is -1.57. The third kappa shape index (κ3) is 2.02. The Hall–Kier alpha value is -1.20. The van der Waals surface area contributed by atoms with Crippen molar-refractivity contribution < 1.29 is 24.9 Å². The molecule has 3 N–H and O–H groups in total. The van der Waals surface area contributed by atoms with Crippen molar-refractivity contribution in [1.82, 2.24) is 0 Å². The minimum absolute atomic E-state index is 0.0508. The molecule has 3 saturated carbocycles. The van der Waals surface area contributed by atoms with E-state index in [1.165, 1.54) is 5.57 Å². The lowest BCUT2D eigenvalue weighted by Crippen LogP contribution is -2.61. The van der Waals surface area contributed by atoms with E-state index in [0.717, 1.165) is 12.8 Å². The first-order chi connectivity index (χ1) is 11.6. The van der Waals surface area contributed by atoms with Crippen LogP contribution in [0, 0.1) is 28.6 Å². The van der Waals surface area contributed by atoms with E-state index in [-0.39, 0.29) is 35.4 Å². The van der Waals surface area contributed by atoms with Crippen molar-refractivity contribution >= 4 is 11.8 Å². The monoisotopic (exact) mass is 348 g/mol. The van der Waals surface area contributed by atoms with Gasteiger partial charge in [-0.1, -0.05) is 25.5 Å². The zero-order valence-electron chi connectivity index (χ0n) is 15.0. The minimum atomic E-state index is -1.75. The number of Topliss-reactive ketones (excluding diaryl/α,β-unsaturated/α-hetero) is 1. The van der Waals surface area contributed by atoms with Gasteiger partial charge < -0.3 is 15.3 Å². The third-order valence-electron chi connectivity index (χ3n) is 8.38. The maximum atomic E-state index is 11.9. The number of hydrogen-bond donors (Lipinski definition) is 3. The molecule has 0 amide bonds. The van der Waals surface area contributed by atoms with E-state index < -0.39 is 23.1 Å². The number of carboxylic acids is 1. The molecule has 4 rings (SSSR count). The van der Waals surface area contributed by atoms with Crippen LogP contribution in [0.15, 0.2) is 11.6 Å². The Morgan fingerprint density at radius 1 is 1.28 bits per heavy atom. The molecule has 5 nitrogen and oxygen atoms in total. The molecule has 5 heteroatoms. The van der Waals surface area contributed by atoms with Crippen molar-refractivity contribution in [2.45, 2.75) is 70.5 Å². The van der Waals surface area contributed by atoms with Crippen molar-refractivity contribution in [2.24, 2.45) is 28.6 Å². The van der Waals surface area contributed by atoms with Gasteiger partial charge in [0.15, 0.2) is 5.60 Å². The Balaban J connectivity index is 1.76. The van der Waals surface area contributed by atoms with Gasteiger partial charge in [0.25, 0.3) is 0 Å². The second-order valence-electron chi connectivity index (χ2n) is 9.29. The minimum Gasteiger partial charge on any atom is -0.479 e. The van der Waals surface area contributed by atoms with Gasteiger partial charge in [0, 0.05) is 18.3 Å². The van der Waals surface area contributed by atoms with Crippen LogP contribution in [-0.2, 0) is 9.59 Å². The Kier molecular flexibility index (Phi) is 3.56. The van der Waals surface area contributed by atoms with Gasteiger partial charge in [-0.15, -0.1) is 0 Å². The average Bonchev–Trinajstić information content (AvgIpc) is 2.80. The number of carbonyl (C=O) groups is 2. The average molecular weight is 348 g/mol. The fourth-order valence-corrected chi connectivity index (χ4v) is 6.97. The van der Waals surface area contributed by atoms with E-state index in [0.29, 0.717) is 25.7 Å². The zero-order chi connectivity index (χ0) is 18.2. The summed E-state index contributed by atoms with van der Waals surface area (Å²) in [6, 6.07) is 0.